The number of imidazole rings is 1. The molecule has 0 saturated carbocycles. The van der Waals surface area contributed by atoms with Crippen molar-refractivity contribution in [3.8, 4) is 0 Å². The third kappa shape index (κ3) is 4.24. The van der Waals surface area contributed by atoms with Crippen molar-refractivity contribution < 1.29 is 19.6 Å². The van der Waals surface area contributed by atoms with Crippen LogP contribution in [0.1, 0.15) is 29.4 Å². The lowest BCUT2D eigenvalue weighted by Gasteiger charge is -2.28. The van der Waals surface area contributed by atoms with Gasteiger partial charge in [-0.05, 0) is 36.8 Å². The maximum absolute atomic E-state index is 13.8. The molecule has 7 nitrogen and oxygen atoms in total. The molecule has 1 N–H and O–H groups in total. The number of rotatable bonds is 6. The molecule has 33 heavy (non-hydrogen) atoms. The van der Waals surface area contributed by atoms with Gasteiger partial charge in [-0.25, -0.2) is 4.98 Å². The van der Waals surface area contributed by atoms with Crippen LogP contribution in [0.4, 0.5) is 0 Å². The Bertz CT molecular complexity index is 1280. The van der Waals surface area contributed by atoms with E-state index in [1.807, 2.05) is 20.2 Å². The van der Waals surface area contributed by atoms with E-state index in [1.165, 1.54) is 9.80 Å². The minimum atomic E-state index is -0.849. The molecule has 0 spiro atoms. The molecule has 3 heterocycles. The number of fused-ring (bicyclic) bond motifs is 1. The van der Waals surface area contributed by atoms with Gasteiger partial charge in [0.1, 0.15) is 5.65 Å². The SMILES string of the molecule is Cc1nc2ccccn2c1C([O-])=C1C(=O)C(=O)N(CCC[NH+](C)C)C1c1ccc(Cl)c(Cl)c1. The van der Waals surface area contributed by atoms with Gasteiger partial charge >= 0.3 is 0 Å². The number of nitrogens with one attached hydrogen (secondary N) is 1. The first-order valence-electron chi connectivity index (χ1n) is 10.6. The molecule has 1 fully saturated rings. The summed E-state index contributed by atoms with van der Waals surface area (Å²) >= 11 is 12.4. The number of hydrogen-bond acceptors (Lipinski definition) is 4. The number of quaternary nitrogens is 1. The predicted octanol–water partition coefficient (Wildman–Crippen LogP) is 1.71. The highest BCUT2D eigenvalue weighted by molar-refractivity contribution is 6.46. The van der Waals surface area contributed by atoms with Crippen LogP contribution in [0.5, 0.6) is 0 Å². The van der Waals surface area contributed by atoms with Gasteiger partial charge in [-0.3, -0.25) is 9.59 Å². The molecule has 1 atom stereocenters. The van der Waals surface area contributed by atoms with Gasteiger partial charge in [0.25, 0.3) is 5.91 Å². The van der Waals surface area contributed by atoms with Crippen LogP contribution in [0, 0.1) is 6.92 Å². The Balaban J connectivity index is 1.90. The molecule has 1 aromatic carbocycles. The molecule has 0 radical (unpaired) electrons. The number of ketones is 1. The molecule has 1 unspecified atom stereocenters. The topological polar surface area (TPSA) is 82.2 Å². The van der Waals surface area contributed by atoms with Gasteiger partial charge in [0.15, 0.2) is 0 Å². The van der Waals surface area contributed by atoms with E-state index in [0.29, 0.717) is 34.9 Å². The summed E-state index contributed by atoms with van der Waals surface area (Å²) < 4.78 is 1.65. The quantitative estimate of drug-likeness (QED) is 0.326. The zero-order chi connectivity index (χ0) is 23.9. The fourth-order valence-electron chi connectivity index (χ4n) is 4.25. The Labute approximate surface area is 201 Å². The second-order valence-corrected chi connectivity index (χ2v) is 9.25. The van der Waals surface area contributed by atoms with Crippen LogP contribution < -0.4 is 10.0 Å². The number of carbonyl (C=O) groups is 2. The maximum Gasteiger partial charge on any atom is 0.295 e. The third-order valence-electron chi connectivity index (χ3n) is 5.78. The van der Waals surface area contributed by atoms with Crippen LogP contribution >= 0.6 is 23.2 Å². The molecule has 0 bridgehead atoms. The van der Waals surface area contributed by atoms with E-state index >= 15 is 0 Å². The number of benzene rings is 1. The first-order chi connectivity index (χ1) is 15.7. The summed E-state index contributed by atoms with van der Waals surface area (Å²) in [7, 11) is 4.03. The van der Waals surface area contributed by atoms with Crippen LogP contribution in [0.3, 0.4) is 0 Å². The standard InChI is InChI=1S/C24H24Cl2N4O3/c1-14-20(29-11-5-4-7-18(29)27-14)22(31)19-21(15-8-9-16(25)17(26)13-15)30(24(33)23(19)32)12-6-10-28(2)3/h4-5,7-9,11,13,21,31H,6,10,12H2,1-3H3. The number of pyridine rings is 1. The second-order valence-electron chi connectivity index (χ2n) is 8.43. The summed E-state index contributed by atoms with van der Waals surface area (Å²) in [6, 6.07) is 9.45. The predicted molar refractivity (Wildman–Crippen MR) is 125 cm³/mol. The maximum atomic E-state index is 13.8. The number of amides is 1. The average molecular weight is 487 g/mol. The summed E-state index contributed by atoms with van der Waals surface area (Å²) in [5.41, 5.74) is 1.82. The highest BCUT2D eigenvalue weighted by Crippen LogP contribution is 2.40. The lowest BCUT2D eigenvalue weighted by molar-refractivity contribution is -0.858. The highest BCUT2D eigenvalue weighted by Gasteiger charge is 2.44. The summed E-state index contributed by atoms with van der Waals surface area (Å²) in [6.45, 7) is 2.86. The highest BCUT2D eigenvalue weighted by atomic mass is 35.5. The largest absolute Gasteiger partial charge is 0.871 e. The average Bonchev–Trinajstić information content (AvgIpc) is 3.23. The smallest absolute Gasteiger partial charge is 0.295 e. The van der Waals surface area contributed by atoms with Crippen LogP contribution in [0.15, 0.2) is 48.2 Å². The van der Waals surface area contributed by atoms with Crippen molar-refractivity contribution in [3.05, 3.63) is 75.2 Å². The normalized spacial score (nSPS) is 18.1. The zero-order valence-electron chi connectivity index (χ0n) is 18.6. The van der Waals surface area contributed by atoms with E-state index in [2.05, 4.69) is 4.98 Å². The van der Waals surface area contributed by atoms with Gasteiger partial charge in [-0.15, -0.1) is 0 Å². The molecule has 0 aliphatic carbocycles. The van der Waals surface area contributed by atoms with Crippen LogP contribution in [0.2, 0.25) is 10.0 Å². The van der Waals surface area contributed by atoms with E-state index in [4.69, 9.17) is 23.2 Å². The van der Waals surface area contributed by atoms with Crippen molar-refractivity contribution in [2.24, 2.45) is 0 Å². The Morgan fingerprint density at radius 3 is 2.61 bits per heavy atom. The fraction of sp³-hybridized carbons (Fsp3) is 0.292. The zero-order valence-corrected chi connectivity index (χ0v) is 20.1. The lowest BCUT2D eigenvalue weighted by atomic mass is 9.96. The number of Topliss-reactive ketones (excluding diaryl/α,β-unsaturated/α-hetero) is 1. The van der Waals surface area contributed by atoms with Gasteiger partial charge in [0.2, 0.25) is 5.78 Å². The lowest BCUT2D eigenvalue weighted by Crippen LogP contribution is -3.05. The summed E-state index contributed by atoms with van der Waals surface area (Å²) in [6.07, 6.45) is 2.39. The van der Waals surface area contributed by atoms with Crippen molar-refractivity contribution in [2.75, 3.05) is 27.2 Å². The first kappa shape index (κ1) is 23.3. The van der Waals surface area contributed by atoms with Crippen LogP contribution in [0.25, 0.3) is 11.4 Å². The second kappa shape index (κ2) is 9.17. The molecule has 1 amide bonds. The molecule has 3 aromatic rings. The molecule has 9 heteroatoms. The Kier molecular flexibility index (Phi) is 6.47. The van der Waals surface area contributed by atoms with E-state index in [-0.39, 0.29) is 16.3 Å². The minimum Gasteiger partial charge on any atom is -0.871 e. The minimum absolute atomic E-state index is 0.0932. The van der Waals surface area contributed by atoms with Gasteiger partial charge < -0.3 is 19.3 Å². The van der Waals surface area contributed by atoms with E-state index < -0.39 is 23.5 Å². The Morgan fingerprint density at radius 1 is 1.15 bits per heavy atom. The number of likely N-dealkylation sites (tertiary alicyclic amines) is 1. The molecule has 4 rings (SSSR count). The van der Waals surface area contributed by atoms with Crippen LogP contribution in [-0.2, 0) is 9.59 Å². The van der Waals surface area contributed by atoms with Crippen molar-refractivity contribution >= 4 is 46.3 Å². The number of aromatic nitrogens is 2. The number of halogens is 2. The fourth-order valence-corrected chi connectivity index (χ4v) is 4.55. The number of nitrogens with zero attached hydrogens (tertiary/aromatic N) is 3. The molecular formula is C24H24Cl2N4O3. The number of aryl methyl sites for hydroxylation is 1. The molecule has 1 saturated heterocycles. The van der Waals surface area contributed by atoms with E-state index in [0.717, 1.165) is 6.54 Å². The first-order valence-corrected chi connectivity index (χ1v) is 11.4. The van der Waals surface area contributed by atoms with Crippen molar-refractivity contribution in [2.45, 2.75) is 19.4 Å². The summed E-state index contributed by atoms with van der Waals surface area (Å²) in [5.74, 6) is -1.99. The summed E-state index contributed by atoms with van der Waals surface area (Å²) in [4.78, 5) is 33.4. The molecular weight excluding hydrogens is 463 g/mol. The third-order valence-corrected chi connectivity index (χ3v) is 6.52. The molecule has 1 aliphatic heterocycles. The Hall–Kier alpha value is -2.87. The van der Waals surface area contributed by atoms with Crippen molar-refractivity contribution in [1.82, 2.24) is 14.3 Å². The molecule has 1 aliphatic rings. The monoisotopic (exact) mass is 486 g/mol. The molecule has 2 aromatic heterocycles. The number of carbonyl (C=O) groups excluding carboxylic acids is 2. The van der Waals surface area contributed by atoms with Gasteiger partial charge in [-0.1, -0.05) is 41.1 Å². The van der Waals surface area contributed by atoms with Crippen molar-refractivity contribution in [1.29, 1.82) is 0 Å². The van der Waals surface area contributed by atoms with E-state index in [9.17, 15) is 14.7 Å². The van der Waals surface area contributed by atoms with E-state index in [1.54, 1.807) is 47.9 Å². The van der Waals surface area contributed by atoms with Crippen molar-refractivity contribution in [3.63, 3.8) is 0 Å². The number of hydrogen-bond donors (Lipinski definition) is 1. The summed E-state index contributed by atoms with van der Waals surface area (Å²) in [5, 5.41) is 14.4. The van der Waals surface area contributed by atoms with Gasteiger partial charge in [0.05, 0.1) is 48.1 Å². The molecule has 172 valence electrons. The van der Waals surface area contributed by atoms with Gasteiger partial charge in [-0.2, -0.15) is 0 Å². The van der Waals surface area contributed by atoms with Gasteiger partial charge in [0, 0.05) is 24.7 Å². The Morgan fingerprint density at radius 2 is 1.91 bits per heavy atom. The van der Waals surface area contributed by atoms with Crippen LogP contribution in [-0.4, -0.2) is 53.2 Å².